The Balaban J connectivity index is 1.89. The third-order valence-electron chi connectivity index (χ3n) is 6.04. The van der Waals surface area contributed by atoms with E-state index in [0.717, 1.165) is 38.8 Å². The van der Waals surface area contributed by atoms with Crippen LogP contribution in [0.5, 0.6) is 0 Å². The number of hydrogen-bond donors (Lipinski definition) is 0. The van der Waals surface area contributed by atoms with Gasteiger partial charge >= 0.3 is 0 Å². The molecule has 0 saturated carbocycles. The average molecular weight is 391 g/mol. The van der Waals surface area contributed by atoms with E-state index in [9.17, 15) is 5.26 Å². The molecule has 146 valence electrons. The zero-order chi connectivity index (χ0) is 21.0. The Bertz CT molecular complexity index is 1500. The molecule has 3 heteroatoms. The minimum atomic E-state index is 0.488. The number of furan rings is 1. The van der Waals surface area contributed by atoms with Crippen molar-refractivity contribution in [3.05, 3.63) is 77.5 Å². The van der Waals surface area contributed by atoms with Crippen molar-refractivity contribution in [1.82, 2.24) is 0 Å². The fourth-order valence-electron chi connectivity index (χ4n) is 4.36. The fourth-order valence-corrected chi connectivity index (χ4v) is 4.36. The van der Waals surface area contributed by atoms with Crippen molar-refractivity contribution in [1.29, 1.82) is 5.26 Å². The quantitative estimate of drug-likeness (QED) is 0.321. The zero-order valence-corrected chi connectivity index (χ0v) is 17.7. The smallest absolute Gasteiger partial charge is 0.224 e. The lowest BCUT2D eigenvalue weighted by Crippen LogP contribution is -2.30. The number of aromatic nitrogens is 1. The van der Waals surface area contributed by atoms with Crippen molar-refractivity contribution in [3.63, 3.8) is 0 Å². The van der Waals surface area contributed by atoms with Crippen molar-refractivity contribution in [2.75, 3.05) is 0 Å². The Kier molecular flexibility index (Phi) is 4.11. The van der Waals surface area contributed by atoms with E-state index in [4.69, 9.17) is 4.42 Å². The molecule has 2 aromatic heterocycles. The maximum absolute atomic E-state index is 9.27. The van der Waals surface area contributed by atoms with E-state index in [2.05, 4.69) is 81.1 Å². The molecule has 5 aromatic rings. The second-order valence-electron chi connectivity index (χ2n) is 8.34. The van der Waals surface area contributed by atoms with Gasteiger partial charge < -0.3 is 4.42 Å². The Morgan fingerprint density at radius 3 is 2.47 bits per heavy atom. The van der Waals surface area contributed by atoms with Gasteiger partial charge in [0.2, 0.25) is 5.69 Å². The minimum Gasteiger partial charge on any atom is -0.455 e. The summed E-state index contributed by atoms with van der Waals surface area (Å²) in [5.74, 6) is 0.488. The maximum Gasteiger partial charge on any atom is 0.224 e. The van der Waals surface area contributed by atoms with Crippen molar-refractivity contribution >= 4 is 32.7 Å². The summed E-state index contributed by atoms with van der Waals surface area (Å²) in [7, 11) is 2.08. The highest BCUT2D eigenvalue weighted by Gasteiger charge is 2.23. The van der Waals surface area contributed by atoms with Gasteiger partial charge in [-0.1, -0.05) is 38.1 Å². The first-order valence-electron chi connectivity index (χ1n) is 10.3. The Morgan fingerprint density at radius 2 is 1.70 bits per heavy atom. The van der Waals surface area contributed by atoms with E-state index in [1.807, 2.05) is 18.2 Å². The largest absolute Gasteiger partial charge is 0.455 e. The molecule has 0 amide bonds. The first kappa shape index (κ1) is 18.4. The number of benzene rings is 3. The van der Waals surface area contributed by atoms with Crippen molar-refractivity contribution in [3.8, 4) is 17.3 Å². The van der Waals surface area contributed by atoms with E-state index in [1.54, 1.807) is 0 Å². The van der Waals surface area contributed by atoms with E-state index in [-0.39, 0.29) is 0 Å². The van der Waals surface area contributed by atoms with Crippen LogP contribution in [-0.2, 0) is 7.05 Å². The predicted molar refractivity (Wildman–Crippen MR) is 121 cm³/mol. The SMILES string of the molecule is Cc1ccc2c(oc3cc(C#N)ccc32)c1-c1c2ccc(C(C)C)cc2cc[n+]1C. The molecule has 0 aliphatic rings. The summed E-state index contributed by atoms with van der Waals surface area (Å²) >= 11 is 0. The van der Waals surface area contributed by atoms with Crippen LogP contribution < -0.4 is 4.57 Å². The van der Waals surface area contributed by atoms with Gasteiger partial charge in [0.15, 0.2) is 6.20 Å². The predicted octanol–water partition coefficient (Wildman–Crippen LogP) is 6.53. The van der Waals surface area contributed by atoms with Crippen LogP contribution in [0.4, 0.5) is 0 Å². The third-order valence-corrected chi connectivity index (χ3v) is 6.04. The highest BCUT2D eigenvalue weighted by molar-refractivity contribution is 6.12. The third kappa shape index (κ3) is 2.69. The van der Waals surface area contributed by atoms with E-state index < -0.39 is 0 Å². The maximum atomic E-state index is 9.27. The van der Waals surface area contributed by atoms with Gasteiger partial charge in [0.1, 0.15) is 18.2 Å². The molecule has 0 unspecified atom stereocenters. The molecule has 0 aliphatic heterocycles. The molecule has 0 saturated heterocycles. The highest BCUT2D eigenvalue weighted by Crippen LogP contribution is 2.39. The van der Waals surface area contributed by atoms with E-state index in [0.29, 0.717) is 11.5 Å². The van der Waals surface area contributed by atoms with Crippen LogP contribution in [-0.4, -0.2) is 0 Å². The molecule has 0 atom stereocenters. The summed E-state index contributed by atoms with van der Waals surface area (Å²) in [6, 6.07) is 21.1. The van der Waals surface area contributed by atoms with Crippen LogP contribution in [0.2, 0.25) is 0 Å². The molecule has 0 fully saturated rings. The second-order valence-corrected chi connectivity index (χ2v) is 8.34. The molecular weight excluding hydrogens is 368 g/mol. The molecule has 3 nitrogen and oxygen atoms in total. The normalized spacial score (nSPS) is 11.6. The van der Waals surface area contributed by atoms with Crippen LogP contribution in [0.3, 0.4) is 0 Å². The van der Waals surface area contributed by atoms with Crippen molar-refractivity contribution in [2.45, 2.75) is 26.7 Å². The van der Waals surface area contributed by atoms with Gasteiger partial charge in [0.25, 0.3) is 0 Å². The van der Waals surface area contributed by atoms with Crippen LogP contribution in [0, 0.1) is 18.3 Å². The summed E-state index contributed by atoms with van der Waals surface area (Å²) < 4.78 is 8.54. The lowest BCUT2D eigenvalue weighted by Gasteiger charge is -2.11. The summed E-state index contributed by atoms with van der Waals surface area (Å²) in [6.45, 7) is 6.57. The van der Waals surface area contributed by atoms with Crippen LogP contribution in [0.1, 0.15) is 36.5 Å². The summed E-state index contributed by atoms with van der Waals surface area (Å²) in [5.41, 5.74) is 6.98. The molecule has 0 bridgehead atoms. The molecule has 0 N–H and O–H groups in total. The lowest BCUT2D eigenvalue weighted by atomic mass is 9.94. The fraction of sp³-hybridized carbons (Fsp3) is 0.185. The number of hydrogen-bond acceptors (Lipinski definition) is 2. The van der Waals surface area contributed by atoms with Gasteiger partial charge in [-0.3, -0.25) is 0 Å². The van der Waals surface area contributed by atoms with Gasteiger partial charge in [-0.15, -0.1) is 0 Å². The highest BCUT2D eigenvalue weighted by atomic mass is 16.3. The Morgan fingerprint density at radius 1 is 0.933 bits per heavy atom. The zero-order valence-electron chi connectivity index (χ0n) is 17.7. The molecular formula is C27H23N2O+. The van der Waals surface area contributed by atoms with Gasteiger partial charge in [0, 0.05) is 16.8 Å². The minimum absolute atomic E-state index is 0.488. The molecule has 5 rings (SSSR count). The molecule has 0 aliphatic carbocycles. The summed E-state index contributed by atoms with van der Waals surface area (Å²) in [6.07, 6.45) is 2.12. The van der Waals surface area contributed by atoms with Crippen molar-refractivity contribution < 1.29 is 8.98 Å². The lowest BCUT2D eigenvalue weighted by molar-refractivity contribution is -0.659. The molecule has 30 heavy (non-hydrogen) atoms. The monoisotopic (exact) mass is 391 g/mol. The van der Waals surface area contributed by atoms with Crippen LogP contribution >= 0.6 is 0 Å². The Hall–Kier alpha value is -3.64. The van der Waals surface area contributed by atoms with Crippen molar-refractivity contribution in [2.24, 2.45) is 7.05 Å². The number of aryl methyl sites for hydroxylation is 2. The standard InChI is InChI=1S/C27H23N2O/c1-16(2)19-7-10-21-20(14-19)11-12-29(4)26(21)25-17(3)5-8-23-22-9-6-18(15-28)13-24(22)30-27(23)25/h5-14,16H,1-4H3/q+1. The van der Waals surface area contributed by atoms with Gasteiger partial charge in [-0.05, 0) is 53.6 Å². The summed E-state index contributed by atoms with van der Waals surface area (Å²) in [5, 5.41) is 13.8. The van der Waals surface area contributed by atoms with Crippen LogP contribution in [0.25, 0.3) is 44.0 Å². The van der Waals surface area contributed by atoms with E-state index >= 15 is 0 Å². The molecule has 0 spiro atoms. The van der Waals surface area contributed by atoms with Gasteiger partial charge in [-0.25, -0.2) is 4.57 Å². The Labute approximate surface area is 175 Å². The summed E-state index contributed by atoms with van der Waals surface area (Å²) in [4.78, 5) is 0. The first-order chi connectivity index (χ1) is 14.5. The number of pyridine rings is 1. The number of nitriles is 1. The van der Waals surface area contributed by atoms with Gasteiger partial charge in [0.05, 0.1) is 22.6 Å². The van der Waals surface area contributed by atoms with Gasteiger partial charge in [-0.2, -0.15) is 5.26 Å². The molecule has 3 aromatic carbocycles. The van der Waals surface area contributed by atoms with Crippen LogP contribution in [0.15, 0.2) is 65.2 Å². The number of fused-ring (bicyclic) bond motifs is 4. The number of nitrogens with zero attached hydrogens (tertiary/aromatic N) is 2. The first-order valence-corrected chi connectivity index (χ1v) is 10.3. The molecule has 0 radical (unpaired) electrons. The number of rotatable bonds is 2. The van der Waals surface area contributed by atoms with E-state index in [1.165, 1.54) is 16.3 Å². The molecule has 2 heterocycles. The average Bonchev–Trinajstić information content (AvgIpc) is 3.11. The topological polar surface area (TPSA) is 40.8 Å². The second kappa shape index (κ2) is 6.71.